The van der Waals surface area contributed by atoms with Gasteiger partial charge in [-0.15, -0.1) is 0 Å². The second-order valence-electron chi connectivity index (χ2n) is 6.13. The third kappa shape index (κ3) is 3.68. The number of amides is 2. The predicted octanol–water partition coefficient (Wildman–Crippen LogP) is 1.73. The summed E-state index contributed by atoms with van der Waals surface area (Å²) in [6, 6.07) is 7.41. The zero-order valence-electron chi connectivity index (χ0n) is 13.6. The van der Waals surface area contributed by atoms with Crippen molar-refractivity contribution in [3.63, 3.8) is 0 Å². The van der Waals surface area contributed by atoms with Crippen LogP contribution >= 0.6 is 0 Å². The number of nitrogens with one attached hydrogen (secondary N) is 3. The molecule has 0 radical (unpaired) electrons. The lowest BCUT2D eigenvalue weighted by Crippen LogP contribution is -2.41. The maximum atomic E-state index is 12.2. The number of carbonyl (C=O) groups is 1. The number of hydrogen-bond acceptors (Lipinski definition) is 4. The minimum absolute atomic E-state index is 0.112. The molecule has 128 valence electrons. The van der Waals surface area contributed by atoms with Gasteiger partial charge in [0, 0.05) is 30.2 Å². The Labute approximate surface area is 144 Å². The largest absolute Gasteiger partial charge is 0.335 e. The van der Waals surface area contributed by atoms with E-state index in [1.807, 2.05) is 30.6 Å². The Hall–Kier alpha value is -3.16. The molecule has 0 aromatic carbocycles. The number of hydrogen-bond donors (Lipinski definition) is 3. The van der Waals surface area contributed by atoms with Crippen molar-refractivity contribution in [3.8, 4) is 0 Å². The van der Waals surface area contributed by atoms with Crippen molar-refractivity contribution in [2.75, 3.05) is 5.32 Å². The number of fused-ring (bicyclic) bond motifs is 1. The van der Waals surface area contributed by atoms with Gasteiger partial charge in [-0.25, -0.2) is 4.79 Å². The summed E-state index contributed by atoms with van der Waals surface area (Å²) in [5.74, 6) is 0.522. The fourth-order valence-electron chi connectivity index (χ4n) is 3.05. The number of H-pyrrole nitrogens is 1. The Morgan fingerprint density at radius 3 is 3.20 bits per heavy atom. The standard InChI is InChI=1S/C17H19N7O/c25-17(20-13-4-5-15-12(9-13)10-19-22-15)21-16-6-8-24(23-16)11-14-3-1-2-7-18-14/h1-3,6-8,10,13H,4-5,9,11H2,(H,19,22)(H2,20,21,23,25). The van der Waals surface area contributed by atoms with Gasteiger partial charge in [0.05, 0.1) is 18.4 Å². The molecule has 1 aliphatic rings. The Kier molecular flexibility index (Phi) is 4.16. The number of pyridine rings is 1. The maximum Gasteiger partial charge on any atom is 0.320 e. The molecular weight excluding hydrogens is 318 g/mol. The van der Waals surface area contributed by atoms with E-state index in [1.165, 1.54) is 11.3 Å². The molecule has 4 rings (SSSR count). The van der Waals surface area contributed by atoms with Crippen LogP contribution < -0.4 is 10.6 Å². The highest BCUT2D eigenvalue weighted by molar-refractivity contribution is 5.88. The molecule has 0 fully saturated rings. The van der Waals surface area contributed by atoms with Gasteiger partial charge in [-0.05, 0) is 37.0 Å². The van der Waals surface area contributed by atoms with E-state index in [9.17, 15) is 4.79 Å². The van der Waals surface area contributed by atoms with Crippen molar-refractivity contribution in [2.45, 2.75) is 31.8 Å². The average Bonchev–Trinajstić information content (AvgIpc) is 3.24. The molecule has 0 bridgehead atoms. The smallest absolute Gasteiger partial charge is 0.320 e. The lowest BCUT2D eigenvalue weighted by Gasteiger charge is -2.22. The lowest BCUT2D eigenvalue weighted by molar-refractivity contribution is 0.247. The molecule has 0 spiro atoms. The summed E-state index contributed by atoms with van der Waals surface area (Å²) >= 11 is 0. The maximum absolute atomic E-state index is 12.2. The fraction of sp³-hybridized carbons (Fsp3) is 0.294. The molecule has 1 unspecified atom stereocenters. The zero-order chi connectivity index (χ0) is 17.1. The topological polar surface area (TPSA) is 101 Å². The fourth-order valence-corrected chi connectivity index (χ4v) is 3.05. The van der Waals surface area contributed by atoms with Crippen molar-refractivity contribution in [1.82, 2.24) is 30.3 Å². The zero-order valence-corrected chi connectivity index (χ0v) is 13.6. The number of anilines is 1. The van der Waals surface area contributed by atoms with E-state index < -0.39 is 0 Å². The van der Waals surface area contributed by atoms with Gasteiger partial charge in [-0.2, -0.15) is 10.2 Å². The molecule has 1 atom stereocenters. The lowest BCUT2D eigenvalue weighted by atomic mass is 9.94. The first-order valence-electron chi connectivity index (χ1n) is 8.28. The van der Waals surface area contributed by atoms with E-state index in [-0.39, 0.29) is 12.1 Å². The molecule has 3 N–H and O–H groups in total. The number of nitrogens with zero attached hydrogens (tertiary/aromatic N) is 4. The van der Waals surface area contributed by atoms with Gasteiger partial charge in [0.1, 0.15) is 0 Å². The molecule has 1 aliphatic carbocycles. The first kappa shape index (κ1) is 15.4. The van der Waals surface area contributed by atoms with Crippen LogP contribution in [0.15, 0.2) is 42.9 Å². The van der Waals surface area contributed by atoms with Crippen LogP contribution in [0.25, 0.3) is 0 Å². The highest BCUT2D eigenvalue weighted by Crippen LogP contribution is 2.18. The van der Waals surface area contributed by atoms with Crippen LogP contribution in [0.1, 0.15) is 23.4 Å². The first-order valence-corrected chi connectivity index (χ1v) is 8.28. The van der Waals surface area contributed by atoms with Gasteiger partial charge in [-0.1, -0.05) is 6.07 Å². The summed E-state index contributed by atoms with van der Waals surface area (Å²) in [4.78, 5) is 16.5. The second-order valence-corrected chi connectivity index (χ2v) is 6.13. The van der Waals surface area contributed by atoms with Crippen LogP contribution in [-0.4, -0.2) is 37.0 Å². The molecule has 25 heavy (non-hydrogen) atoms. The summed E-state index contributed by atoms with van der Waals surface area (Å²) in [6.07, 6.45) is 8.01. The molecule has 3 aromatic rings. The number of urea groups is 1. The van der Waals surface area contributed by atoms with E-state index in [0.717, 1.165) is 25.0 Å². The molecule has 0 saturated carbocycles. The van der Waals surface area contributed by atoms with Crippen LogP contribution in [0, 0.1) is 0 Å². The predicted molar refractivity (Wildman–Crippen MR) is 92.1 cm³/mol. The van der Waals surface area contributed by atoms with E-state index in [4.69, 9.17) is 0 Å². The van der Waals surface area contributed by atoms with Crippen molar-refractivity contribution in [1.29, 1.82) is 0 Å². The van der Waals surface area contributed by atoms with Crippen LogP contribution in [0.4, 0.5) is 10.6 Å². The van der Waals surface area contributed by atoms with Crippen LogP contribution in [0.3, 0.4) is 0 Å². The normalized spacial score (nSPS) is 16.2. The minimum atomic E-state index is -0.236. The molecule has 8 heteroatoms. The molecule has 2 amide bonds. The summed E-state index contributed by atoms with van der Waals surface area (Å²) < 4.78 is 1.75. The number of aromatic nitrogens is 5. The van der Waals surface area contributed by atoms with Crippen molar-refractivity contribution >= 4 is 11.8 Å². The minimum Gasteiger partial charge on any atom is -0.335 e. The third-order valence-corrected chi connectivity index (χ3v) is 4.28. The molecule has 0 aliphatic heterocycles. The third-order valence-electron chi connectivity index (χ3n) is 4.28. The number of carbonyl (C=O) groups excluding carboxylic acids is 1. The van der Waals surface area contributed by atoms with Crippen molar-refractivity contribution in [2.24, 2.45) is 0 Å². The van der Waals surface area contributed by atoms with Crippen LogP contribution in [0.5, 0.6) is 0 Å². The molecule has 3 heterocycles. The summed E-state index contributed by atoms with van der Waals surface area (Å²) in [7, 11) is 0. The van der Waals surface area contributed by atoms with E-state index in [2.05, 4.69) is 30.9 Å². The molecule has 8 nitrogen and oxygen atoms in total. The molecule has 3 aromatic heterocycles. The Balaban J connectivity index is 1.31. The Bertz CT molecular complexity index is 855. The van der Waals surface area contributed by atoms with Gasteiger partial charge >= 0.3 is 6.03 Å². The number of aromatic amines is 1. The number of aryl methyl sites for hydroxylation is 1. The SMILES string of the molecule is O=C(Nc1ccn(Cc2ccccn2)n1)NC1CCc2[nH]ncc2C1. The van der Waals surface area contributed by atoms with Crippen molar-refractivity contribution < 1.29 is 4.79 Å². The highest BCUT2D eigenvalue weighted by Gasteiger charge is 2.21. The van der Waals surface area contributed by atoms with Crippen LogP contribution in [0.2, 0.25) is 0 Å². The van der Waals surface area contributed by atoms with E-state index in [1.54, 1.807) is 16.9 Å². The highest BCUT2D eigenvalue weighted by atomic mass is 16.2. The first-order chi connectivity index (χ1) is 12.3. The van der Waals surface area contributed by atoms with E-state index in [0.29, 0.717) is 12.4 Å². The summed E-state index contributed by atoms with van der Waals surface area (Å²) in [6.45, 7) is 0.566. The monoisotopic (exact) mass is 337 g/mol. The summed E-state index contributed by atoms with van der Waals surface area (Å²) in [5.41, 5.74) is 3.27. The Morgan fingerprint density at radius 1 is 1.36 bits per heavy atom. The van der Waals surface area contributed by atoms with Crippen LogP contribution in [-0.2, 0) is 19.4 Å². The quantitative estimate of drug-likeness (QED) is 0.675. The van der Waals surface area contributed by atoms with Gasteiger partial charge in [0.15, 0.2) is 5.82 Å². The van der Waals surface area contributed by atoms with Crippen molar-refractivity contribution in [3.05, 3.63) is 59.8 Å². The van der Waals surface area contributed by atoms with Gasteiger partial charge in [-0.3, -0.25) is 20.1 Å². The molecular formula is C17H19N7O. The number of rotatable bonds is 4. The second kappa shape index (κ2) is 6.76. The summed E-state index contributed by atoms with van der Waals surface area (Å²) in [5, 5.41) is 17.2. The Morgan fingerprint density at radius 2 is 2.32 bits per heavy atom. The van der Waals surface area contributed by atoms with Gasteiger partial charge in [0.2, 0.25) is 0 Å². The van der Waals surface area contributed by atoms with Gasteiger partial charge < -0.3 is 5.32 Å². The average molecular weight is 337 g/mol. The van der Waals surface area contributed by atoms with Gasteiger partial charge in [0.25, 0.3) is 0 Å². The molecule has 0 saturated heterocycles. The van der Waals surface area contributed by atoms with E-state index >= 15 is 0 Å².